The van der Waals surface area contributed by atoms with Crippen LogP contribution in [0.15, 0.2) is 36.5 Å². The zero-order valence-corrected chi connectivity index (χ0v) is 13.2. The Morgan fingerprint density at radius 2 is 1.96 bits per heavy atom. The topological polar surface area (TPSA) is 91.6 Å². The van der Waals surface area contributed by atoms with Crippen molar-refractivity contribution in [2.75, 3.05) is 5.32 Å². The predicted octanol–water partition coefficient (Wildman–Crippen LogP) is 2.58. The number of aromatic nitrogens is 1. The molecule has 6 nitrogen and oxygen atoms in total. The number of amides is 1. The number of hydrogen-bond donors (Lipinski definition) is 3. The fraction of sp³-hybridized carbons (Fsp3) is 0.333. The van der Waals surface area contributed by atoms with E-state index in [-0.39, 0.29) is 11.5 Å². The molecule has 1 aliphatic carbocycles. The van der Waals surface area contributed by atoms with Gasteiger partial charge in [0.15, 0.2) is 0 Å². The standard InChI is InChI=1S/C18H20N2O4/c21-16-3-1-2-15-14(16)8-10-20(15)11-9-17(22)19-13-6-4-12(5-7-13)18(23)24/h4-8,10,16,21H,1-3,9,11H2,(H,19,22)(H,23,24). The molecule has 0 spiro atoms. The number of aliphatic hydroxyl groups excluding tert-OH is 1. The van der Waals surface area contributed by atoms with Gasteiger partial charge in [0.05, 0.1) is 11.7 Å². The lowest BCUT2D eigenvalue weighted by Crippen LogP contribution is -2.17. The van der Waals surface area contributed by atoms with Gasteiger partial charge in [-0.25, -0.2) is 4.79 Å². The number of aryl methyl sites for hydroxylation is 1. The summed E-state index contributed by atoms with van der Waals surface area (Å²) in [4.78, 5) is 22.9. The average molecular weight is 328 g/mol. The van der Waals surface area contributed by atoms with Gasteiger partial charge in [-0.2, -0.15) is 0 Å². The number of carboxylic acid groups (broad SMARTS) is 1. The van der Waals surface area contributed by atoms with E-state index in [2.05, 4.69) is 5.32 Å². The molecule has 1 heterocycles. The van der Waals surface area contributed by atoms with E-state index in [1.54, 1.807) is 12.1 Å². The van der Waals surface area contributed by atoms with Gasteiger partial charge in [-0.15, -0.1) is 0 Å². The number of rotatable bonds is 5. The quantitative estimate of drug-likeness (QED) is 0.786. The first-order valence-electron chi connectivity index (χ1n) is 8.04. The number of nitrogens with one attached hydrogen (secondary N) is 1. The first kappa shape index (κ1) is 16.3. The molecule has 1 aromatic heterocycles. The number of carbonyl (C=O) groups excluding carboxylic acids is 1. The summed E-state index contributed by atoms with van der Waals surface area (Å²) in [5.41, 5.74) is 2.86. The summed E-state index contributed by atoms with van der Waals surface area (Å²) in [6.45, 7) is 0.557. The van der Waals surface area contributed by atoms with Crippen molar-refractivity contribution in [1.29, 1.82) is 0 Å². The van der Waals surface area contributed by atoms with Gasteiger partial charge >= 0.3 is 5.97 Å². The number of benzene rings is 1. The van der Waals surface area contributed by atoms with Crippen molar-refractivity contribution in [2.24, 2.45) is 0 Å². The van der Waals surface area contributed by atoms with Crippen LogP contribution in [0.1, 0.15) is 47.0 Å². The fourth-order valence-corrected chi connectivity index (χ4v) is 3.08. The van der Waals surface area contributed by atoms with Gasteiger partial charge in [0.25, 0.3) is 0 Å². The van der Waals surface area contributed by atoms with Gasteiger partial charge in [-0.1, -0.05) is 0 Å². The first-order valence-corrected chi connectivity index (χ1v) is 8.04. The second kappa shape index (κ2) is 6.88. The third kappa shape index (κ3) is 3.49. The Labute approximate surface area is 139 Å². The highest BCUT2D eigenvalue weighted by Gasteiger charge is 2.21. The molecule has 3 rings (SSSR count). The Morgan fingerprint density at radius 1 is 1.21 bits per heavy atom. The smallest absolute Gasteiger partial charge is 0.335 e. The second-order valence-corrected chi connectivity index (χ2v) is 6.00. The minimum absolute atomic E-state index is 0.128. The molecule has 0 aliphatic heterocycles. The van der Waals surface area contributed by atoms with Crippen LogP contribution in [0, 0.1) is 0 Å². The molecule has 1 atom stereocenters. The van der Waals surface area contributed by atoms with Crippen molar-refractivity contribution in [1.82, 2.24) is 4.57 Å². The maximum atomic E-state index is 12.1. The summed E-state index contributed by atoms with van der Waals surface area (Å²) in [5.74, 6) is -1.12. The number of hydrogen-bond acceptors (Lipinski definition) is 3. The lowest BCUT2D eigenvalue weighted by Gasteiger charge is -2.20. The molecule has 0 bridgehead atoms. The molecule has 1 unspecified atom stereocenters. The van der Waals surface area contributed by atoms with Crippen LogP contribution in [0.3, 0.4) is 0 Å². The molecular weight excluding hydrogens is 308 g/mol. The Balaban J connectivity index is 1.57. The van der Waals surface area contributed by atoms with Gasteiger partial charge in [0.1, 0.15) is 0 Å². The highest BCUT2D eigenvalue weighted by molar-refractivity contribution is 5.92. The van der Waals surface area contributed by atoms with Crippen LogP contribution < -0.4 is 5.32 Å². The van der Waals surface area contributed by atoms with Gasteiger partial charge in [0.2, 0.25) is 5.91 Å². The molecule has 0 saturated carbocycles. The lowest BCUT2D eigenvalue weighted by atomic mass is 9.95. The van der Waals surface area contributed by atoms with Crippen molar-refractivity contribution in [3.8, 4) is 0 Å². The fourth-order valence-electron chi connectivity index (χ4n) is 3.08. The maximum absolute atomic E-state index is 12.1. The van der Waals surface area contributed by atoms with Gasteiger partial charge in [0, 0.05) is 36.1 Å². The van der Waals surface area contributed by atoms with E-state index in [1.165, 1.54) is 12.1 Å². The van der Waals surface area contributed by atoms with Crippen LogP contribution in [0.25, 0.3) is 0 Å². The summed E-state index contributed by atoms with van der Waals surface area (Å²) in [5, 5.41) is 21.6. The van der Waals surface area contributed by atoms with E-state index in [0.717, 1.165) is 30.5 Å². The Kier molecular flexibility index (Phi) is 4.66. The number of carboxylic acids is 1. The summed E-state index contributed by atoms with van der Waals surface area (Å²) in [7, 11) is 0. The summed E-state index contributed by atoms with van der Waals surface area (Å²) < 4.78 is 2.03. The third-order valence-corrected chi connectivity index (χ3v) is 4.36. The molecule has 2 aromatic rings. The Hall–Kier alpha value is -2.60. The molecule has 3 N–H and O–H groups in total. The van der Waals surface area contributed by atoms with Crippen molar-refractivity contribution >= 4 is 17.6 Å². The largest absolute Gasteiger partial charge is 0.478 e. The van der Waals surface area contributed by atoms with E-state index in [9.17, 15) is 14.7 Å². The van der Waals surface area contributed by atoms with Gasteiger partial charge in [-0.3, -0.25) is 4.79 Å². The van der Waals surface area contributed by atoms with Gasteiger partial charge < -0.3 is 20.1 Å². The highest BCUT2D eigenvalue weighted by Crippen LogP contribution is 2.30. The number of anilines is 1. The van der Waals surface area contributed by atoms with E-state index in [4.69, 9.17) is 5.11 Å². The van der Waals surface area contributed by atoms with E-state index >= 15 is 0 Å². The molecule has 0 saturated heterocycles. The zero-order chi connectivity index (χ0) is 17.1. The minimum Gasteiger partial charge on any atom is -0.478 e. The van der Waals surface area contributed by atoms with Crippen LogP contribution >= 0.6 is 0 Å². The monoisotopic (exact) mass is 328 g/mol. The van der Waals surface area contributed by atoms with Crippen molar-refractivity contribution in [3.63, 3.8) is 0 Å². The molecule has 6 heteroatoms. The molecule has 24 heavy (non-hydrogen) atoms. The summed E-state index contributed by atoms with van der Waals surface area (Å²) in [6.07, 6.45) is 4.53. The summed E-state index contributed by atoms with van der Waals surface area (Å²) >= 11 is 0. The van der Waals surface area contributed by atoms with E-state index in [0.29, 0.717) is 18.7 Å². The number of nitrogens with zero attached hydrogens (tertiary/aromatic N) is 1. The van der Waals surface area contributed by atoms with Crippen LogP contribution in [0.5, 0.6) is 0 Å². The van der Waals surface area contributed by atoms with E-state index in [1.807, 2.05) is 16.8 Å². The molecule has 0 radical (unpaired) electrons. The van der Waals surface area contributed by atoms with Crippen LogP contribution in [-0.4, -0.2) is 26.7 Å². The molecular formula is C18H20N2O4. The highest BCUT2D eigenvalue weighted by atomic mass is 16.4. The molecule has 126 valence electrons. The lowest BCUT2D eigenvalue weighted by molar-refractivity contribution is -0.116. The minimum atomic E-state index is -0.993. The number of fused-ring (bicyclic) bond motifs is 1. The predicted molar refractivity (Wildman–Crippen MR) is 89.0 cm³/mol. The number of aliphatic hydroxyl groups is 1. The van der Waals surface area contributed by atoms with Crippen LogP contribution in [0.4, 0.5) is 5.69 Å². The summed E-state index contributed by atoms with van der Waals surface area (Å²) in [6, 6.07) is 8.01. The number of aromatic carboxylic acids is 1. The van der Waals surface area contributed by atoms with Crippen molar-refractivity contribution in [2.45, 2.75) is 38.3 Å². The third-order valence-electron chi connectivity index (χ3n) is 4.36. The second-order valence-electron chi connectivity index (χ2n) is 6.00. The van der Waals surface area contributed by atoms with Crippen LogP contribution in [0.2, 0.25) is 0 Å². The van der Waals surface area contributed by atoms with E-state index < -0.39 is 12.1 Å². The van der Waals surface area contributed by atoms with Crippen molar-refractivity contribution < 1.29 is 19.8 Å². The van der Waals surface area contributed by atoms with Crippen molar-refractivity contribution in [3.05, 3.63) is 53.3 Å². The average Bonchev–Trinajstić information content (AvgIpc) is 2.98. The normalized spacial score (nSPS) is 16.5. The Bertz CT molecular complexity index is 749. The maximum Gasteiger partial charge on any atom is 0.335 e. The van der Waals surface area contributed by atoms with Gasteiger partial charge in [-0.05, 0) is 49.6 Å². The SMILES string of the molecule is O=C(CCn1ccc2c1CCCC2O)Nc1ccc(C(=O)O)cc1. The molecule has 0 fully saturated rings. The molecule has 1 aromatic carbocycles. The molecule has 1 amide bonds. The Morgan fingerprint density at radius 3 is 2.67 bits per heavy atom. The molecule has 1 aliphatic rings. The number of carbonyl (C=O) groups is 2. The first-order chi connectivity index (χ1) is 11.5. The zero-order valence-electron chi connectivity index (χ0n) is 13.2. The van der Waals surface area contributed by atoms with Crippen LogP contribution in [-0.2, 0) is 17.8 Å².